The second-order valence-corrected chi connectivity index (χ2v) is 5.85. The number of nitrogens with one attached hydrogen (secondary N) is 1. The number of aromatic nitrogens is 4. The molecule has 0 unspecified atom stereocenters. The van der Waals surface area contributed by atoms with Crippen LogP contribution in [-0.4, -0.2) is 25.7 Å². The van der Waals surface area contributed by atoms with Crippen LogP contribution in [0.5, 0.6) is 0 Å². The van der Waals surface area contributed by atoms with Gasteiger partial charge < -0.3 is 11.1 Å². The fraction of sp³-hybridized carbons (Fsp3) is 0.0526. The van der Waals surface area contributed by atoms with Gasteiger partial charge in [0, 0.05) is 24.5 Å². The molecule has 0 aliphatic carbocycles. The predicted molar refractivity (Wildman–Crippen MR) is 100.0 cm³/mol. The second kappa shape index (κ2) is 6.29. The maximum atomic E-state index is 11.8. The third-order valence-corrected chi connectivity index (χ3v) is 3.94. The van der Waals surface area contributed by atoms with Gasteiger partial charge in [0.15, 0.2) is 11.5 Å². The van der Waals surface area contributed by atoms with E-state index in [1.807, 2.05) is 61.8 Å². The number of carbonyl (C=O) groups is 1. The van der Waals surface area contributed by atoms with Crippen LogP contribution in [0.2, 0.25) is 0 Å². The number of nitrogens with two attached hydrogens (primary N) is 1. The van der Waals surface area contributed by atoms with E-state index in [2.05, 4.69) is 20.4 Å². The van der Waals surface area contributed by atoms with Crippen molar-refractivity contribution in [3.63, 3.8) is 0 Å². The smallest absolute Gasteiger partial charge is 0.271 e. The monoisotopic (exact) mass is 344 g/mol. The molecule has 0 aliphatic heterocycles. The van der Waals surface area contributed by atoms with Crippen molar-refractivity contribution >= 4 is 28.4 Å². The SMILES string of the molecule is Cn1ccc(-c2cccc(Nc3nc4ccccc4nc3C(N)=O)c2)n1. The van der Waals surface area contributed by atoms with Gasteiger partial charge in [0.1, 0.15) is 0 Å². The van der Waals surface area contributed by atoms with Crippen LogP contribution < -0.4 is 11.1 Å². The molecule has 0 saturated carbocycles. The first-order chi connectivity index (χ1) is 12.6. The number of hydrogen-bond donors (Lipinski definition) is 2. The Morgan fingerprint density at radius 2 is 1.81 bits per heavy atom. The first kappa shape index (κ1) is 15.8. The Morgan fingerprint density at radius 3 is 2.50 bits per heavy atom. The molecule has 3 N–H and O–H groups in total. The maximum Gasteiger partial charge on any atom is 0.271 e. The zero-order valence-corrected chi connectivity index (χ0v) is 14.0. The van der Waals surface area contributed by atoms with Gasteiger partial charge in [0.2, 0.25) is 0 Å². The van der Waals surface area contributed by atoms with Crippen molar-refractivity contribution < 1.29 is 4.79 Å². The highest BCUT2D eigenvalue weighted by molar-refractivity contribution is 5.98. The minimum Gasteiger partial charge on any atom is -0.364 e. The molecule has 4 aromatic rings. The van der Waals surface area contributed by atoms with E-state index in [9.17, 15) is 4.79 Å². The van der Waals surface area contributed by atoms with E-state index in [0.29, 0.717) is 16.9 Å². The molecule has 2 aromatic heterocycles. The molecule has 26 heavy (non-hydrogen) atoms. The molecule has 128 valence electrons. The Kier molecular flexibility index (Phi) is 3.81. The largest absolute Gasteiger partial charge is 0.364 e. The van der Waals surface area contributed by atoms with E-state index in [-0.39, 0.29) is 5.69 Å². The van der Waals surface area contributed by atoms with Gasteiger partial charge in [0.05, 0.1) is 16.7 Å². The minimum absolute atomic E-state index is 0.104. The van der Waals surface area contributed by atoms with E-state index < -0.39 is 5.91 Å². The molecular formula is C19H16N6O. The predicted octanol–water partition coefficient (Wildman–Crippen LogP) is 2.87. The summed E-state index contributed by atoms with van der Waals surface area (Å²) in [5, 5.41) is 7.56. The number of rotatable bonds is 4. The number of nitrogens with zero attached hydrogens (tertiary/aromatic N) is 4. The van der Waals surface area contributed by atoms with Gasteiger partial charge in [-0.05, 0) is 30.3 Å². The van der Waals surface area contributed by atoms with Gasteiger partial charge in [-0.25, -0.2) is 9.97 Å². The van der Waals surface area contributed by atoms with Gasteiger partial charge in [-0.15, -0.1) is 0 Å². The van der Waals surface area contributed by atoms with Crippen LogP contribution >= 0.6 is 0 Å². The van der Waals surface area contributed by atoms with Gasteiger partial charge in [0.25, 0.3) is 5.91 Å². The zero-order valence-electron chi connectivity index (χ0n) is 14.0. The normalized spacial score (nSPS) is 10.8. The minimum atomic E-state index is -0.633. The molecule has 1 amide bonds. The molecule has 0 aliphatic rings. The summed E-state index contributed by atoms with van der Waals surface area (Å²) in [6.07, 6.45) is 1.88. The van der Waals surface area contributed by atoms with Crippen molar-refractivity contribution in [2.75, 3.05) is 5.32 Å². The Morgan fingerprint density at radius 1 is 1.04 bits per heavy atom. The van der Waals surface area contributed by atoms with Crippen molar-refractivity contribution in [2.24, 2.45) is 12.8 Å². The van der Waals surface area contributed by atoms with Crippen LogP contribution in [0.1, 0.15) is 10.5 Å². The summed E-state index contributed by atoms with van der Waals surface area (Å²) in [5.74, 6) is -0.305. The summed E-state index contributed by atoms with van der Waals surface area (Å²) in [7, 11) is 1.87. The Balaban J connectivity index is 1.75. The quantitative estimate of drug-likeness (QED) is 0.593. The highest BCUT2D eigenvalue weighted by atomic mass is 16.1. The molecule has 0 saturated heterocycles. The van der Waals surface area contributed by atoms with Crippen molar-refractivity contribution in [2.45, 2.75) is 0 Å². The number of anilines is 2. The molecule has 2 aromatic carbocycles. The molecule has 0 spiro atoms. The number of amides is 1. The van der Waals surface area contributed by atoms with Gasteiger partial charge >= 0.3 is 0 Å². The first-order valence-electron chi connectivity index (χ1n) is 8.04. The number of carbonyl (C=O) groups excluding carboxylic acids is 1. The number of aryl methyl sites for hydroxylation is 1. The van der Waals surface area contributed by atoms with E-state index in [1.165, 1.54) is 0 Å². The van der Waals surface area contributed by atoms with Crippen molar-refractivity contribution in [3.8, 4) is 11.3 Å². The number of para-hydroxylation sites is 2. The second-order valence-electron chi connectivity index (χ2n) is 5.85. The van der Waals surface area contributed by atoms with E-state index in [1.54, 1.807) is 10.7 Å². The number of fused-ring (bicyclic) bond motifs is 1. The van der Waals surface area contributed by atoms with Gasteiger partial charge in [-0.2, -0.15) is 5.10 Å². The molecule has 0 fully saturated rings. The Hall–Kier alpha value is -3.74. The Bertz CT molecular complexity index is 1120. The summed E-state index contributed by atoms with van der Waals surface area (Å²) in [6.45, 7) is 0. The molecule has 7 nitrogen and oxygen atoms in total. The first-order valence-corrected chi connectivity index (χ1v) is 8.04. The van der Waals surface area contributed by atoms with Crippen LogP contribution in [0.3, 0.4) is 0 Å². The summed E-state index contributed by atoms with van der Waals surface area (Å²) in [5.41, 5.74) is 9.46. The fourth-order valence-electron chi connectivity index (χ4n) is 2.72. The average Bonchev–Trinajstić information content (AvgIpc) is 3.08. The van der Waals surface area contributed by atoms with E-state index >= 15 is 0 Å². The third-order valence-electron chi connectivity index (χ3n) is 3.94. The van der Waals surface area contributed by atoms with Crippen molar-refractivity contribution in [1.82, 2.24) is 19.7 Å². The molecule has 4 rings (SSSR count). The lowest BCUT2D eigenvalue weighted by atomic mass is 10.1. The topological polar surface area (TPSA) is 98.7 Å². The molecular weight excluding hydrogens is 328 g/mol. The molecule has 0 atom stereocenters. The zero-order chi connectivity index (χ0) is 18.1. The van der Waals surface area contributed by atoms with E-state index in [0.717, 1.165) is 16.9 Å². The molecule has 2 heterocycles. The number of primary amides is 1. The van der Waals surface area contributed by atoms with Crippen LogP contribution in [0.4, 0.5) is 11.5 Å². The van der Waals surface area contributed by atoms with Crippen molar-refractivity contribution in [3.05, 3.63) is 66.5 Å². The van der Waals surface area contributed by atoms with Gasteiger partial charge in [-0.1, -0.05) is 24.3 Å². The van der Waals surface area contributed by atoms with Crippen LogP contribution in [0.25, 0.3) is 22.3 Å². The van der Waals surface area contributed by atoms with Crippen LogP contribution in [-0.2, 0) is 7.05 Å². The van der Waals surface area contributed by atoms with Crippen molar-refractivity contribution in [1.29, 1.82) is 0 Å². The van der Waals surface area contributed by atoms with Gasteiger partial charge in [-0.3, -0.25) is 9.48 Å². The maximum absolute atomic E-state index is 11.8. The number of hydrogen-bond acceptors (Lipinski definition) is 5. The fourth-order valence-corrected chi connectivity index (χ4v) is 2.72. The van der Waals surface area contributed by atoms with Crippen LogP contribution in [0.15, 0.2) is 60.8 Å². The summed E-state index contributed by atoms with van der Waals surface area (Å²) in [6, 6.07) is 17.0. The standard InChI is InChI=1S/C19H16N6O/c1-25-10-9-14(24-25)12-5-4-6-13(11-12)21-19-17(18(20)26)22-15-7-2-3-8-16(15)23-19/h2-11H,1H3,(H2,20,26)(H,21,23). The molecule has 7 heteroatoms. The number of benzene rings is 2. The molecule has 0 bridgehead atoms. The lowest BCUT2D eigenvalue weighted by Gasteiger charge is -2.10. The lowest BCUT2D eigenvalue weighted by molar-refractivity contribution is 0.0996. The van der Waals surface area contributed by atoms with E-state index in [4.69, 9.17) is 5.73 Å². The highest BCUT2D eigenvalue weighted by Crippen LogP contribution is 2.25. The average molecular weight is 344 g/mol. The summed E-state index contributed by atoms with van der Waals surface area (Å²) < 4.78 is 1.75. The highest BCUT2D eigenvalue weighted by Gasteiger charge is 2.14. The summed E-state index contributed by atoms with van der Waals surface area (Å²) in [4.78, 5) is 20.7. The third kappa shape index (κ3) is 2.98. The Labute approximate surface area is 149 Å². The summed E-state index contributed by atoms with van der Waals surface area (Å²) >= 11 is 0. The molecule has 0 radical (unpaired) electrons. The lowest BCUT2D eigenvalue weighted by Crippen LogP contribution is -2.16. The van der Waals surface area contributed by atoms with Crippen LogP contribution in [0, 0.1) is 0 Å².